The summed E-state index contributed by atoms with van der Waals surface area (Å²) in [7, 11) is 0. The molecule has 1 aliphatic heterocycles. The summed E-state index contributed by atoms with van der Waals surface area (Å²) in [6.45, 7) is 3.68. The van der Waals surface area contributed by atoms with Gasteiger partial charge in [0.05, 0.1) is 0 Å². The maximum absolute atomic E-state index is 2.58. The zero-order valence-corrected chi connectivity index (χ0v) is 10.4. The van der Waals surface area contributed by atoms with Gasteiger partial charge in [-0.2, -0.15) is 0 Å². The third-order valence-electron chi connectivity index (χ3n) is 4.19. The van der Waals surface area contributed by atoms with Gasteiger partial charge in [0.2, 0.25) is 0 Å². The predicted molar refractivity (Wildman–Crippen MR) is 72.3 cm³/mol. The molecular formula is C16H21N. The second kappa shape index (κ2) is 5.05. The van der Waals surface area contributed by atoms with Crippen molar-refractivity contribution in [2.45, 2.75) is 31.6 Å². The number of hydrogen-bond acceptors (Lipinski definition) is 1. The first-order chi connectivity index (χ1) is 8.43. The van der Waals surface area contributed by atoms with Crippen LogP contribution in [0.4, 0.5) is 0 Å². The van der Waals surface area contributed by atoms with Crippen LogP contribution in [0.3, 0.4) is 0 Å². The molecule has 1 atom stereocenters. The minimum absolute atomic E-state index is 0.817. The van der Waals surface area contributed by atoms with Gasteiger partial charge in [0.15, 0.2) is 0 Å². The Morgan fingerprint density at radius 3 is 3.00 bits per heavy atom. The van der Waals surface area contributed by atoms with Crippen molar-refractivity contribution < 1.29 is 0 Å². The summed E-state index contributed by atoms with van der Waals surface area (Å²) in [5.74, 6) is 0.817. The minimum Gasteiger partial charge on any atom is -0.299 e. The Bertz CT molecular complexity index is 408. The van der Waals surface area contributed by atoms with Crippen molar-refractivity contribution in [1.29, 1.82) is 0 Å². The highest BCUT2D eigenvalue weighted by molar-refractivity contribution is 5.34. The zero-order valence-electron chi connectivity index (χ0n) is 10.4. The predicted octanol–water partition coefficient (Wildman–Crippen LogP) is 3.37. The van der Waals surface area contributed by atoms with Gasteiger partial charge in [-0.15, -0.1) is 0 Å². The average molecular weight is 227 g/mol. The molecule has 17 heavy (non-hydrogen) atoms. The quantitative estimate of drug-likeness (QED) is 0.716. The molecule has 0 N–H and O–H groups in total. The van der Waals surface area contributed by atoms with Crippen molar-refractivity contribution in [3.63, 3.8) is 0 Å². The monoisotopic (exact) mass is 227 g/mol. The van der Waals surface area contributed by atoms with Gasteiger partial charge in [0.25, 0.3) is 0 Å². The molecule has 3 rings (SSSR count). The Balaban J connectivity index is 1.58. The van der Waals surface area contributed by atoms with E-state index in [0.29, 0.717) is 0 Å². The van der Waals surface area contributed by atoms with Crippen LogP contribution in [0.5, 0.6) is 0 Å². The van der Waals surface area contributed by atoms with Gasteiger partial charge in [-0.25, -0.2) is 0 Å². The molecule has 1 aliphatic carbocycles. The lowest BCUT2D eigenvalue weighted by Gasteiger charge is -2.24. The van der Waals surface area contributed by atoms with Gasteiger partial charge in [0.1, 0.15) is 0 Å². The van der Waals surface area contributed by atoms with Crippen LogP contribution in [0.15, 0.2) is 36.4 Å². The van der Waals surface area contributed by atoms with Crippen LogP contribution in [-0.2, 0) is 6.42 Å². The van der Waals surface area contributed by atoms with Gasteiger partial charge in [0, 0.05) is 13.1 Å². The number of rotatable bonds is 3. The summed E-state index contributed by atoms with van der Waals surface area (Å²) in [5.41, 5.74) is 3.22. The maximum Gasteiger partial charge on any atom is 0.0163 e. The molecule has 0 saturated carbocycles. The fraction of sp³-hybridized carbons (Fsp3) is 0.500. The van der Waals surface area contributed by atoms with E-state index in [4.69, 9.17) is 0 Å². The number of fused-ring (bicyclic) bond motifs is 1. The average Bonchev–Trinajstić information content (AvgIpc) is 2.81. The second-order valence-electron chi connectivity index (χ2n) is 5.28. The normalized spacial score (nSPS) is 23.9. The van der Waals surface area contributed by atoms with Crippen molar-refractivity contribution in [3.05, 3.63) is 47.5 Å². The van der Waals surface area contributed by atoms with Crippen LogP contribution in [-0.4, -0.2) is 24.5 Å². The van der Waals surface area contributed by atoms with E-state index >= 15 is 0 Å². The Morgan fingerprint density at radius 1 is 1.18 bits per heavy atom. The number of aryl methyl sites for hydroxylation is 1. The second-order valence-corrected chi connectivity index (χ2v) is 5.28. The van der Waals surface area contributed by atoms with Crippen molar-refractivity contribution in [2.24, 2.45) is 0 Å². The lowest BCUT2D eigenvalue weighted by Crippen LogP contribution is -2.29. The lowest BCUT2D eigenvalue weighted by molar-refractivity contribution is 0.285. The maximum atomic E-state index is 2.58. The van der Waals surface area contributed by atoms with Crippen molar-refractivity contribution in [2.75, 3.05) is 19.6 Å². The Hall–Kier alpha value is -1.08. The highest BCUT2D eigenvalue weighted by Gasteiger charge is 2.22. The summed E-state index contributed by atoms with van der Waals surface area (Å²) in [4.78, 5) is 2.58. The summed E-state index contributed by atoms with van der Waals surface area (Å²) >= 11 is 0. The molecule has 1 nitrogen and oxygen atoms in total. The van der Waals surface area contributed by atoms with Crippen LogP contribution in [0.2, 0.25) is 0 Å². The Morgan fingerprint density at radius 2 is 2.12 bits per heavy atom. The first kappa shape index (κ1) is 11.0. The molecule has 0 fully saturated rings. The summed E-state index contributed by atoms with van der Waals surface area (Å²) in [5, 5.41) is 0. The first-order valence-corrected chi connectivity index (χ1v) is 6.88. The van der Waals surface area contributed by atoms with Gasteiger partial charge in [-0.05, 0) is 49.3 Å². The van der Waals surface area contributed by atoms with E-state index in [9.17, 15) is 0 Å². The number of benzene rings is 1. The third kappa shape index (κ3) is 2.44. The summed E-state index contributed by atoms with van der Waals surface area (Å²) < 4.78 is 0. The van der Waals surface area contributed by atoms with Crippen molar-refractivity contribution in [1.82, 2.24) is 4.90 Å². The molecule has 0 amide bonds. The van der Waals surface area contributed by atoms with Gasteiger partial charge >= 0.3 is 0 Å². The van der Waals surface area contributed by atoms with E-state index in [1.54, 1.807) is 11.1 Å². The molecule has 1 heteroatoms. The Labute approximate surface area is 104 Å². The molecular weight excluding hydrogens is 206 g/mol. The van der Waals surface area contributed by atoms with E-state index in [1.807, 2.05) is 0 Å². The zero-order chi connectivity index (χ0) is 11.5. The smallest absolute Gasteiger partial charge is 0.0163 e. The Kier molecular flexibility index (Phi) is 3.28. The first-order valence-electron chi connectivity index (χ1n) is 6.88. The molecule has 0 bridgehead atoms. The van der Waals surface area contributed by atoms with E-state index in [1.165, 1.54) is 38.8 Å². The van der Waals surface area contributed by atoms with Gasteiger partial charge in [-0.1, -0.05) is 36.4 Å². The lowest BCUT2D eigenvalue weighted by atomic mass is 9.97. The molecule has 1 unspecified atom stereocenters. The molecule has 1 heterocycles. The fourth-order valence-corrected chi connectivity index (χ4v) is 3.18. The fourth-order valence-electron chi connectivity index (χ4n) is 3.18. The SMILES string of the molecule is C1=CCN(CCC2CCc3ccccc32)CC1. The van der Waals surface area contributed by atoms with Crippen LogP contribution in [0.25, 0.3) is 0 Å². The van der Waals surface area contributed by atoms with Crippen LogP contribution >= 0.6 is 0 Å². The highest BCUT2D eigenvalue weighted by Crippen LogP contribution is 2.35. The summed E-state index contributed by atoms with van der Waals surface area (Å²) in [6.07, 6.45) is 9.85. The van der Waals surface area contributed by atoms with E-state index < -0.39 is 0 Å². The van der Waals surface area contributed by atoms with Gasteiger partial charge < -0.3 is 0 Å². The van der Waals surface area contributed by atoms with Crippen LogP contribution in [0, 0.1) is 0 Å². The van der Waals surface area contributed by atoms with Crippen molar-refractivity contribution >= 4 is 0 Å². The van der Waals surface area contributed by atoms with Crippen molar-refractivity contribution in [3.8, 4) is 0 Å². The van der Waals surface area contributed by atoms with Gasteiger partial charge in [-0.3, -0.25) is 4.90 Å². The van der Waals surface area contributed by atoms with E-state index in [0.717, 1.165) is 12.5 Å². The molecule has 1 aromatic rings. The molecule has 0 saturated heterocycles. The summed E-state index contributed by atoms with van der Waals surface area (Å²) in [6, 6.07) is 9.01. The topological polar surface area (TPSA) is 3.24 Å². The molecule has 0 spiro atoms. The molecule has 0 radical (unpaired) electrons. The molecule has 1 aromatic carbocycles. The highest BCUT2D eigenvalue weighted by atomic mass is 15.1. The van der Waals surface area contributed by atoms with E-state index in [-0.39, 0.29) is 0 Å². The molecule has 0 aromatic heterocycles. The van der Waals surface area contributed by atoms with Crippen LogP contribution < -0.4 is 0 Å². The standard InChI is InChI=1S/C16H21N/c1-4-11-17(12-5-1)13-10-15-9-8-14-6-2-3-7-16(14)15/h1-4,6-7,15H,5,8-13H2. The number of nitrogens with zero attached hydrogens (tertiary/aromatic N) is 1. The molecule has 2 aliphatic rings. The van der Waals surface area contributed by atoms with Crippen LogP contribution in [0.1, 0.15) is 36.3 Å². The number of hydrogen-bond donors (Lipinski definition) is 0. The largest absolute Gasteiger partial charge is 0.299 e. The van der Waals surface area contributed by atoms with E-state index in [2.05, 4.69) is 41.3 Å². The third-order valence-corrected chi connectivity index (χ3v) is 4.19. The minimum atomic E-state index is 0.817. The molecule has 90 valence electrons.